The SMILES string of the molecule is CC(Nc1ncc(Br)cc1C(=O)O)C(C)(C)C. The quantitative estimate of drug-likeness (QED) is 0.898. The molecule has 5 heteroatoms. The van der Waals surface area contributed by atoms with Crippen LogP contribution in [0.4, 0.5) is 5.82 Å². The number of aromatic nitrogens is 1. The number of nitrogens with zero attached hydrogens (tertiary/aromatic N) is 1. The van der Waals surface area contributed by atoms with Crippen molar-refractivity contribution >= 4 is 27.7 Å². The van der Waals surface area contributed by atoms with Crippen LogP contribution < -0.4 is 5.32 Å². The average molecular weight is 301 g/mol. The lowest BCUT2D eigenvalue weighted by molar-refractivity contribution is 0.0697. The zero-order valence-corrected chi connectivity index (χ0v) is 12.0. The van der Waals surface area contributed by atoms with Crippen molar-refractivity contribution in [3.8, 4) is 0 Å². The highest BCUT2D eigenvalue weighted by atomic mass is 79.9. The Morgan fingerprint density at radius 3 is 2.59 bits per heavy atom. The Morgan fingerprint density at radius 1 is 1.53 bits per heavy atom. The third-order valence-corrected chi connectivity index (χ3v) is 3.17. The van der Waals surface area contributed by atoms with E-state index in [0.29, 0.717) is 10.3 Å². The van der Waals surface area contributed by atoms with E-state index in [9.17, 15) is 4.79 Å². The van der Waals surface area contributed by atoms with Crippen molar-refractivity contribution in [2.24, 2.45) is 5.41 Å². The van der Waals surface area contributed by atoms with Gasteiger partial charge in [-0.05, 0) is 34.3 Å². The van der Waals surface area contributed by atoms with Crippen LogP contribution in [0.3, 0.4) is 0 Å². The molecule has 1 aromatic rings. The van der Waals surface area contributed by atoms with E-state index in [1.54, 1.807) is 12.3 Å². The Kier molecular flexibility index (Phi) is 4.14. The highest BCUT2D eigenvalue weighted by molar-refractivity contribution is 9.10. The second-order valence-corrected chi connectivity index (χ2v) is 6.00. The van der Waals surface area contributed by atoms with Crippen LogP contribution in [0.25, 0.3) is 0 Å². The summed E-state index contributed by atoms with van der Waals surface area (Å²) in [6.45, 7) is 8.27. The molecule has 0 aliphatic heterocycles. The number of pyridine rings is 1. The van der Waals surface area contributed by atoms with Crippen molar-refractivity contribution in [2.75, 3.05) is 5.32 Å². The van der Waals surface area contributed by atoms with Gasteiger partial charge in [0.05, 0.1) is 0 Å². The van der Waals surface area contributed by atoms with E-state index in [0.717, 1.165) is 0 Å². The fourth-order valence-corrected chi connectivity index (χ4v) is 1.47. The molecule has 0 fully saturated rings. The largest absolute Gasteiger partial charge is 0.478 e. The average Bonchev–Trinajstić information content (AvgIpc) is 2.18. The van der Waals surface area contributed by atoms with Crippen molar-refractivity contribution in [3.05, 3.63) is 22.3 Å². The summed E-state index contributed by atoms with van der Waals surface area (Å²) < 4.78 is 0.656. The molecular weight excluding hydrogens is 284 g/mol. The molecule has 0 bridgehead atoms. The van der Waals surface area contributed by atoms with E-state index >= 15 is 0 Å². The van der Waals surface area contributed by atoms with E-state index in [4.69, 9.17) is 5.11 Å². The normalized spacial score (nSPS) is 13.2. The van der Waals surface area contributed by atoms with Crippen molar-refractivity contribution in [3.63, 3.8) is 0 Å². The number of anilines is 1. The molecule has 1 atom stereocenters. The minimum absolute atomic E-state index is 0.0323. The predicted octanol–water partition coefficient (Wildman–Crippen LogP) is 3.39. The summed E-state index contributed by atoms with van der Waals surface area (Å²) in [6, 6.07) is 1.67. The van der Waals surface area contributed by atoms with Crippen LogP contribution in [0.2, 0.25) is 0 Å². The molecule has 0 aliphatic rings. The molecule has 0 aromatic carbocycles. The molecule has 0 radical (unpaired) electrons. The first kappa shape index (κ1) is 14.0. The summed E-state index contributed by atoms with van der Waals surface area (Å²) >= 11 is 3.22. The number of carboxylic acid groups (broad SMARTS) is 1. The fraction of sp³-hybridized carbons (Fsp3) is 0.500. The van der Waals surface area contributed by atoms with Crippen LogP contribution in [0.15, 0.2) is 16.7 Å². The molecule has 1 heterocycles. The smallest absolute Gasteiger partial charge is 0.339 e. The molecule has 0 amide bonds. The van der Waals surface area contributed by atoms with Gasteiger partial charge in [0, 0.05) is 16.7 Å². The Balaban J connectivity index is 3.03. The van der Waals surface area contributed by atoms with Crippen molar-refractivity contribution in [1.29, 1.82) is 0 Å². The third-order valence-electron chi connectivity index (χ3n) is 2.74. The Morgan fingerprint density at radius 2 is 2.12 bits per heavy atom. The molecule has 0 saturated carbocycles. The molecule has 4 nitrogen and oxygen atoms in total. The predicted molar refractivity (Wildman–Crippen MR) is 71.4 cm³/mol. The molecule has 0 saturated heterocycles. The van der Waals surface area contributed by atoms with Gasteiger partial charge in [0.15, 0.2) is 0 Å². The fourth-order valence-electron chi connectivity index (χ4n) is 1.14. The van der Waals surface area contributed by atoms with Crippen molar-refractivity contribution in [2.45, 2.75) is 33.7 Å². The van der Waals surface area contributed by atoms with Gasteiger partial charge in [-0.2, -0.15) is 0 Å². The summed E-state index contributed by atoms with van der Waals surface area (Å²) in [6.07, 6.45) is 1.59. The molecule has 17 heavy (non-hydrogen) atoms. The van der Waals surface area contributed by atoms with E-state index in [-0.39, 0.29) is 17.0 Å². The van der Waals surface area contributed by atoms with Gasteiger partial charge in [0.25, 0.3) is 0 Å². The third kappa shape index (κ3) is 3.70. The van der Waals surface area contributed by atoms with Gasteiger partial charge in [0.1, 0.15) is 11.4 Å². The second-order valence-electron chi connectivity index (χ2n) is 5.09. The molecule has 0 aliphatic carbocycles. The first-order valence-corrected chi connectivity index (χ1v) is 6.16. The molecule has 1 aromatic heterocycles. The standard InChI is InChI=1S/C12H17BrN2O2/c1-7(12(2,3)4)15-10-9(11(16)17)5-8(13)6-14-10/h5-7H,1-4H3,(H,14,15)(H,16,17). The van der Waals surface area contributed by atoms with Gasteiger partial charge >= 0.3 is 5.97 Å². The molecule has 0 spiro atoms. The maximum Gasteiger partial charge on any atom is 0.339 e. The maximum absolute atomic E-state index is 11.1. The number of carboxylic acids is 1. The number of carbonyl (C=O) groups is 1. The Labute approximate surface area is 110 Å². The second kappa shape index (κ2) is 5.04. The van der Waals surface area contributed by atoms with Crippen molar-refractivity contribution < 1.29 is 9.90 Å². The number of hydrogen-bond donors (Lipinski definition) is 2. The van der Waals surface area contributed by atoms with Crippen LogP contribution >= 0.6 is 15.9 Å². The van der Waals surface area contributed by atoms with Crippen LogP contribution in [0.5, 0.6) is 0 Å². The lowest BCUT2D eigenvalue weighted by Crippen LogP contribution is -2.31. The van der Waals surface area contributed by atoms with Gasteiger partial charge in [-0.15, -0.1) is 0 Å². The molecular formula is C12H17BrN2O2. The topological polar surface area (TPSA) is 62.2 Å². The first-order chi connectivity index (χ1) is 7.71. The van der Waals surface area contributed by atoms with E-state index in [1.165, 1.54) is 0 Å². The lowest BCUT2D eigenvalue weighted by atomic mass is 9.88. The maximum atomic E-state index is 11.1. The number of nitrogens with one attached hydrogen (secondary N) is 1. The van der Waals surface area contributed by atoms with Crippen LogP contribution in [0.1, 0.15) is 38.1 Å². The zero-order valence-electron chi connectivity index (χ0n) is 10.4. The highest BCUT2D eigenvalue weighted by Gasteiger charge is 2.22. The van der Waals surface area contributed by atoms with Gasteiger partial charge in [-0.1, -0.05) is 20.8 Å². The Hall–Kier alpha value is -1.10. The van der Waals surface area contributed by atoms with E-state index in [2.05, 4.69) is 47.0 Å². The van der Waals surface area contributed by atoms with Crippen LogP contribution in [0, 0.1) is 5.41 Å². The molecule has 2 N–H and O–H groups in total. The minimum Gasteiger partial charge on any atom is -0.478 e. The number of aromatic carboxylic acids is 1. The Bertz CT molecular complexity index is 427. The summed E-state index contributed by atoms with van der Waals surface area (Å²) in [5.41, 5.74) is 0.209. The number of halogens is 1. The molecule has 94 valence electrons. The van der Waals surface area contributed by atoms with Gasteiger partial charge in [-0.3, -0.25) is 0 Å². The minimum atomic E-state index is -0.984. The van der Waals surface area contributed by atoms with Crippen LogP contribution in [-0.4, -0.2) is 22.1 Å². The summed E-state index contributed by atoms with van der Waals surface area (Å²) in [5, 5.41) is 12.3. The summed E-state index contributed by atoms with van der Waals surface area (Å²) in [7, 11) is 0. The summed E-state index contributed by atoms with van der Waals surface area (Å²) in [4.78, 5) is 15.2. The van der Waals surface area contributed by atoms with E-state index in [1.807, 2.05) is 6.92 Å². The van der Waals surface area contributed by atoms with Gasteiger partial charge in [-0.25, -0.2) is 9.78 Å². The molecule has 1 rings (SSSR count). The lowest BCUT2D eigenvalue weighted by Gasteiger charge is -2.29. The van der Waals surface area contributed by atoms with E-state index < -0.39 is 5.97 Å². The van der Waals surface area contributed by atoms with Crippen molar-refractivity contribution in [1.82, 2.24) is 4.98 Å². The monoisotopic (exact) mass is 300 g/mol. The van der Waals surface area contributed by atoms with Gasteiger partial charge in [0.2, 0.25) is 0 Å². The molecule has 1 unspecified atom stereocenters. The van der Waals surface area contributed by atoms with Gasteiger partial charge < -0.3 is 10.4 Å². The highest BCUT2D eigenvalue weighted by Crippen LogP contribution is 2.25. The number of rotatable bonds is 3. The zero-order chi connectivity index (χ0) is 13.2. The van der Waals surface area contributed by atoms with Crippen LogP contribution in [-0.2, 0) is 0 Å². The first-order valence-electron chi connectivity index (χ1n) is 5.37. The number of hydrogen-bond acceptors (Lipinski definition) is 3. The summed E-state index contributed by atoms with van der Waals surface area (Å²) in [5.74, 6) is -0.578.